The smallest absolute Gasteiger partial charge is 0.310 e. The summed E-state index contributed by atoms with van der Waals surface area (Å²) in [5, 5.41) is 14.1. The largest absolute Gasteiger partial charge is 0.486 e. The van der Waals surface area contributed by atoms with E-state index in [2.05, 4.69) is 5.32 Å². The van der Waals surface area contributed by atoms with Gasteiger partial charge in [-0.3, -0.25) is 14.9 Å². The summed E-state index contributed by atoms with van der Waals surface area (Å²) >= 11 is 6.18. The van der Waals surface area contributed by atoms with Gasteiger partial charge in [-0.05, 0) is 30.2 Å². The van der Waals surface area contributed by atoms with Crippen molar-refractivity contribution in [2.24, 2.45) is 0 Å². The van der Waals surface area contributed by atoms with Crippen LogP contribution >= 0.6 is 11.6 Å². The number of para-hydroxylation sites is 2. The lowest BCUT2D eigenvalue weighted by Crippen LogP contribution is -2.30. The third kappa shape index (κ3) is 4.79. The Bertz CT molecular complexity index is 858. The second kappa shape index (κ2) is 8.59. The van der Waals surface area contributed by atoms with E-state index in [1.165, 1.54) is 18.2 Å². The minimum atomic E-state index is -0.557. The van der Waals surface area contributed by atoms with Crippen LogP contribution < -0.4 is 19.5 Å². The summed E-state index contributed by atoms with van der Waals surface area (Å²) in [5.74, 6) is 0.802. The molecule has 0 aromatic heterocycles. The van der Waals surface area contributed by atoms with Gasteiger partial charge in [-0.2, -0.15) is 0 Å². The second-order valence-corrected chi connectivity index (χ2v) is 6.12. The van der Waals surface area contributed by atoms with E-state index >= 15 is 0 Å². The predicted molar refractivity (Wildman–Crippen MR) is 97.7 cm³/mol. The lowest BCUT2D eigenvalue weighted by Gasteiger charge is -2.20. The molecule has 1 aliphatic rings. The number of nitrogens with one attached hydrogen (secondary N) is 1. The minimum absolute atomic E-state index is 0.0521. The molecule has 0 unspecified atom stereocenters. The molecule has 0 atom stereocenters. The van der Waals surface area contributed by atoms with Crippen LogP contribution in [0.1, 0.15) is 5.56 Å². The summed E-state index contributed by atoms with van der Waals surface area (Å²) in [4.78, 5) is 22.3. The van der Waals surface area contributed by atoms with Crippen LogP contribution in [-0.2, 0) is 11.2 Å². The molecule has 0 saturated heterocycles. The van der Waals surface area contributed by atoms with E-state index in [-0.39, 0.29) is 24.0 Å². The molecule has 2 aromatic carbocycles. The number of hydrogen-bond acceptors (Lipinski definition) is 6. The molecule has 1 N–H and O–H groups in total. The third-order valence-electron chi connectivity index (χ3n) is 3.81. The number of ether oxygens (including phenoxy) is 3. The molecule has 142 valence electrons. The highest BCUT2D eigenvalue weighted by Crippen LogP contribution is 2.38. The van der Waals surface area contributed by atoms with Crippen LogP contribution in [0.25, 0.3) is 0 Å². The summed E-state index contributed by atoms with van der Waals surface area (Å²) in [5.41, 5.74) is 0.709. The molecule has 0 aliphatic carbocycles. The highest BCUT2D eigenvalue weighted by molar-refractivity contribution is 6.32. The molecule has 1 heterocycles. The maximum atomic E-state index is 11.9. The summed E-state index contributed by atoms with van der Waals surface area (Å²) in [6, 6.07) is 9.50. The first-order chi connectivity index (χ1) is 13.0. The van der Waals surface area contributed by atoms with Crippen LogP contribution in [0.2, 0.25) is 5.02 Å². The Kier molecular flexibility index (Phi) is 5.97. The van der Waals surface area contributed by atoms with Crippen molar-refractivity contribution in [3.8, 4) is 17.2 Å². The lowest BCUT2D eigenvalue weighted by atomic mass is 10.1. The van der Waals surface area contributed by atoms with Crippen molar-refractivity contribution < 1.29 is 23.9 Å². The zero-order valence-corrected chi connectivity index (χ0v) is 15.0. The van der Waals surface area contributed by atoms with Crippen molar-refractivity contribution in [2.75, 3.05) is 26.4 Å². The van der Waals surface area contributed by atoms with E-state index in [1.54, 1.807) is 12.1 Å². The quantitative estimate of drug-likeness (QED) is 0.574. The molecule has 27 heavy (non-hydrogen) atoms. The Morgan fingerprint density at radius 2 is 2.04 bits per heavy atom. The van der Waals surface area contributed by atoms with E-state index in [9.17, 15) is 14.9 Å². The first-order valence-electron chi connectivity index (χ1n) is 8.25. The maximum absolute atomic E-state index is 11.9. The highest BCUT2D eigenvalue weighted by Gasteiger charge is 2.17. The normalized spacial score (nSPS) is 12.3. The zero-order valence-electron chi connectivity index (χ0n) is 14.3. The minimum Gasteiger partial charge on any atom is -0.486 e. The van der Waals surface area contributed by atoms with Gasteiger partial charge in [-0.1, -0.05) is 23.7 Å². The van der Waals surface area contributed by atoms with Crippen LogP contribution in [0.3, 0.4) is 0 Å². The van der Waals surface area contributed by atoms with Gasteiger partial charge in [0.1, 0.15) is 13.2 Å². The van der Waals surface area contributed by atoms with Gasteiger partial charge in [0.05, 0.1) is 9.95 Å². The van der Waals surface area contributed by atoms with Crippen molar-refractivity contribution in [1.29, 1.82) is 0 Å². The maximum Gasteiger partial charge on any atom is 0.310 e. The van der Waals surface area contributed by atoms with E-state index in [1.807, 2.05) is 6.07 Å². The Morgan fingerprint density at radius 1 is 1.26 bits per heavy atom. The highest BCUT2D eigenvalue weighted by atomic mass is 35.5. The molecule has 0 saturated carbocycles. The number of nitro groups is 1. The number of nitro benzene ring substituents is 1. The summed E-state index contributed by atoms with van der Waals surface area (Å²) in [6.07, 6.45) is 0.535. The molecule has 0 spiro atoms. The standard InChI is InChI=1S/C18H17ClN2O6/c19-13-9-12(10-16-18(13)26-8-7-25-16)5-6-20-17(22)11-27-15-4-2-1-3-14(15)21(23)24/h1-4,9-10H,5-8,11H2,(H,20,22). The van der Waals surface area contributed by atoms with E-state index < -0.39 is 4.92 Å². The molecule has 1 amide bonds. The van der Waals surface area contributed by atoms with E-state index in [0.29, 0.717) is 42.7 Å². The number of carbonyl (C=O) groups is 1. The number of rotatable bonds is 7. The molecule has 1 aliphatic heterocycles. The van der Waals surface area contributed by atoms with Gasteiger partial charge in [0, 0.05) is 12.6 Å². The van der Waals surface area contributed by atoms with E-state index in [0.717, 1.165) is 5.56 Å². The first kappa shape index (κ1) is 18.8. The summed E-state index contributed by atoms with van der Waals surface area (Å²) in [6.45, 7) is 0.968. The van der Waals surface area contributed by atoms with Gasteiger partial charge >= 0.3 is 5.69 Å². The number of halogens is 1. The van der Waals surface area contributed by atoms with Gasteiger partial charge in [0.2, 0.25) is 0 Å². The molecule has 0 fully saturated rings. The average Bonchev–Trinajstić information content (AvgIpc) is 2.66. The fraction of sp³-hybridized carbons (Fsp3) is 0.278. The monoisotopic (exact) mass is 392 g/mol. The number of carbonyl (C=O) groups excluding carboxylic acids is 1. The van der Waals surface area contributed by atoms with E-state index in [4.69, 9.17) is 25.8 Å². The number of benzene rings is 2. The molecular weight excluding hydrogens is 376 g/mol. The van der Waals surface area contributed by atoms with Crippen molar-refractivity contribution >= 4 is 23.2 Å². The van der Waals surface area contributed by atoms with Crippen LogP contribution in [-0.4, -0.2) is 37.2 Å². The van der Waals surface area contributed by atoms with Gasteiger partial charge in [0.25, 0.3) is 5.91 Å². The molecular formula is C18H17ClN2O6. The van der Waals surface area contributed by atoms with Gasteiger partial charge in [0.15, 0.2) is 23.9 Å². The van der Waals surface area contributed by atoms with Gasteiger partial charge in [-0.25, -0.2) is 0 Å². The third-order valence-corrected chi connectivity index (χ3v) is 4.09. The molecule has 2 aromatic rings. The second-order valence-electron chi connectivity index (χ2n) is 5.72. The van der Waals surface area contributed by atoms with Crippen molar-refractivity contribution in [1.82, 2.24) is 5.32 Å². The van der Waals surface area contributed by atoms with Gasteiger partial charge < -0.3 is 19.5 Å². The Labute approximate surface area is 160 Å². The lowest BCUT2D eigenvalue weighted by molar-refractivity contribution is -0.385. The Hall–Kier alpha value is -3.00. The Morgan fingerprint density at radius 3 is 2.85 bits per heavy atom. The number of nitrogens with zero attached hydrogens (tertiary/aromatic N) is 1. The topological polar surface area (TPSA) is 99.9 Å². The summed E-state index contributed by atoms with van der Waals surface area (Å²) < 4.78 is 16.2. The predicted octanol–water partition coefficient (Wildman–Crippen LogP) is 2.76. The first-order valence-corrected chi connectivity index (χ1v) is 8.63. The number of fused-ring (bicyclic) bond motifs is 1. The zero-order chi connectivity index (χ0) is 19.2. The number of hydrogen-bond donors (Lipinski definition) is 1. The number of amides is 1. The molecule has 8 nitrogen and oxygen atoms in total. The molecule has 9 heteroatoms. The van der Waals surface area contributed by atoms with Gasteiger partial charge in [-0.15, -0.1) is 0 Å². The molecule has 0 radical (unpaired) electrons. The molecule has 0 bridgehead atoms. The van der Waals surface area contributed by atoms with Crippen molar-refractivity contribution in [3.05, 3.63) is 57.1 Å². The van der Waals surface area contributed by atoms with Crippen LogP contribution in [0, 0.1) is 10.1 Å². The van der Waals surface area contributed by atoms with Crippen molar-refractivity contribution in [2.45, 2.75) is 6.42 Å². The van der Waals surface area contributed by atoms with Crippen molar-refractivity contribution in [3.63, 3.8) is 0 Å². The van der Waals surface area contributed by atoms with Crippen LogP contribution in [0.4, 0.5) is 5.69 Å². The van der Waals surface area contributed by atoms with Crippen LogP contribution in [0.15, 0.2) is 36.4 Å². The summed E-state index contributed by atoms with van der Waals surface area (Å²) in [7, 11) is 0. The van der Waals surface area contributed by atoms with Crippen LogP contribution in [0.5, 0.6) is 17.2 Å². The fourth-order valence-corrected chi connectivity index (χ4v) is 2.87. The SMILES string of the molecule is O=C(COc1ccccc1[N+](=O)[O-])NCCc1cc(Cl)c2c(c1)OCCO2. The Balaban J connectivity index is 1.49. The fourth-order valence-electron chi connectivity index (χ4n) is 2.58. The molecule has 3 rings (SSSR count). The average molecular weight is 393 g/mol.